The van der Waals surface area contributed by atoms with Crippen LogP contribution in [0.5, 0.6) is 0 Å². The maximum Gasteiger partial charge on any atom is 0.254 e. The normalized spacial score (nSPS) is 14.2. The third kappa shape index (κ3) is 3.80. The van der Waals surface area contributed by atoms with Crippen molar-refractivity contribution < 1.29 is 9.18 Å². The average Bonchev–Trinajstić information content (AvgIpc) is 2.30. The summed E-state index contributed by atoms with van der Waals surface area (Å²) in [5.74, 6) is -0.493. The molecule has 4 heteroatoms. The van der Waals surface area contributed by atoms with E-state index in [1.807, 2.05) is 6.92 Å². The maximum absolute atomic E-state index is 13.5. The van der Waals surface area contributed by atoms with E-state index in [-0.39, 0.29) is 17.5 Å². The summed E-state index contributed by atoms with van der Waals surface area (Å²) >= 11 is 3.23. The molecule has 0 radical (unpaired) electrons. The second-order valence-electron chi connectivity index (χ2n) is 4.27. The molecule has 1 N–H and O–H groups in total. The van der Waals surface area contributed by atoms with Gasteiger partial charge in [-0.25, -0.2) is 4.39 Å². The largest absolute Gasteiger partial charge is 0.349 e. The minimum absolute atomic E-state index is 0.0332. The number of carbonyl (C=O) groups excluding carboxylic acids is 1. The zero-order chi connectivity index (χ0) is 13.0. The molecule has 17 heavy (non-hydrogen) atoms. The number of benzene rings is 1. The molecular weight excluding hydrogens is 285 g/mol. The molecule has 94 valence electrons. The van der Waals surface area contributed by atoms with Crippen molar-refractivity contribution in [3.8, 4) is 0 Å². The van der Waals surface area contributed by atoms with Gasteiger partial charge in [-0.15, -0.1) is 0 Å². The van der Waals surface area contributed by atoms with Gasteiger partial charge >= 0.3 is 0 Å². The molecule has 0 saturated heterocycles. The Morgan fingerprint density at radius 1 is 1.47 bits per heavy atom. The smallest absolute Gasteiger partial charge is 0.254 e. The molecular formula is C13H17BrFNO. The number of hydrogen-bond donors (Lipinski definition) is 1. The van der Waals surface area contributed by atoms with Crippen molar-refractivity contribution in [3.63, 3.8) is 0 Å². The molecule has 0 aliphatic heterocycles. The fraction of sp³-hybridized carbons (Fsp3) is 0.462. The highest BCUT2D eigenvalue weighted by atomic mass is 79.9. The summed E-state index contributed by atoms with van der Waals surface area (Å²) in [5, 5.41) is 2.82. The van der Waals surface area contributed by atoms with E-state index < -0.39 is 5.82 Å². The van der Waals surface area contributed by atoms with Crippen molar-refractivity contribution >= 4 is 21.8 Å². The van der Waals surface area contributed by atoms with Crippen LogP contribution in [0.25, 0.3) is 0 Å². The van der Waals surface area contributed by atoms with Crippen LogP contribution < -0.4 is 5.32 Å². The monoisotopic (exact) mass is 301 g/mol. The number of amides is 1. The minimum Gasteiger partial charge on any atom is -0.349 e. The minimum atomic E-state index is -0.498. The van der Waals surface area contributed by atoms with Crippen LogP contribution >= 0.6 is 15.9 Å². The third-order valence-electron chi connectivity index (χ3n) is 3.03. The molecule has 1 amide bonds. The highest BCUT2D eigenvalue weighted by molar-refractivity contribution is 9.10. The quantitative estimate of drug-likeness (QED) is 0.901. The Labute approximate surface area is 110 Å². The summed E-state index contributed by atoms with van der Waals surface area (Å²) in [7, 11) is 0. The Balaban J connectivity index is 2.79. The van der Waals surface area contributed by atoms with Gasteiger partial charge in [0.2, 0.25) is 0 Å². The number of nitrogens with one attached hydrogen (secondary N) is 1. The second-order valence-corrected chi connectivity index (χ2v) is 5.19. The first kappa shape index (κ1) is 14.2. The van der Waals surface area contributed by atoms with E-state index in [1.165, 1.54) is 12.1 Å². The molecule has 0 fully saturated rings. The summed E-state index contributed by atoms with van der Waals surface area (Å²) in [6.45, 7) is 6.05. The maximum atomic E-state index is 13.5. The van der Waals surface area contributed by atoms with Crippen molar-refractivity contribution in [2.75, 3.05) is 0 Å². The Bertz CT molecular complexity index is 408. The van der Waals surface area contributed by atoms with Crippen LogP contribution in [-0.4, -0.2) is 11.9 Å². The van der Waals surface area contributed by atoms with Gasteiger partial charge in [0.15, 0.2) is 0 Å². The fourth-order valence-electron chi connectivity index (χ4n) is 1.45. The summed E-state index contributed by atoms with van der Waals surface area (Å²) in [6, 6.07) is 4.39. The molecule has 1 aromatic carbocycles. The highest BCUT2D eigenvalue weighted by Crippen LogP contribution is 2.16. The third-order valence-corrected chi connectivity index (χ3v) is 3.52. The zero-order valence-corrected chi connectivity index (χ0v) is 11.8. The summed E-state index contributed by atoms with van der Waals surface area (Å²) < 4.78 is 14.2. The first-order valence-corrected chi connectivity index (χ1v) is 6.51. The van der Waals surface area contributed by atoms with E-state index in [9.17, 15) is 9.18 Å². The van der Waals surface area contributed by atoms with Gasteiger partial charge in [0, 0.05) is 10.5 Å². The first-order chi connectivity index (χ1) is 7.95. The van der Waals surface area contributed by atoms with Crippen molar-refractivity contribution in [1.82, 2.24) is 5.32 Å². The molecule has 0 aromatic heterocycles. The lowest BCUT2D eigenvalue weighted by molar-refractivity contribution is 0.0924. The Hall–Kier alpha value is -0.900. The van der Waals surface area contributed by atoms with Crippen molar-refractivity contribution in [1.29, 1.82) is 0 Å². The van der Waals surface area contributed by atoms with Gasteiger partial charge in [-0.2, -0.15) is 0 Å². The lowest BCUT2D eigenvalue weighted by atomic mass is 10.0. The molecule has 0 aliphatic carbocycles. The van der Waals surface area contributed by atoms with Gasteiger partial charge < -0.3 is 5.32 Å². The van der Waals surface area contributed by atoms with Gasteiger partial charge in [-0.1, -0.05) is 36.2 Å². The van der Waals surface area contributed by atoms with Crippen molar-refractivity contribution in [2.45, 2.75) is 33.2 Å². The van der Waals surface area contributed by atoms with Gasteiger partial charge in [0.25, 0.3) is 5.91 Å². The molecule has 0 bridgehead atoms. The van der Waals surface area contributed by atoms with Crippen LogP contribution in [0.3, 0.4) is 0 Å². The Morgan fingerprint density at radius 3 is 2.71 bits per heavy atom. The summed E-state index contributed by atoms with van der Waals surface area (Å²) in [5.41, 5.74) is 0.0783. The van der Waals surface area contributed by atoms with Crippen LogP contribution in [-0.2, 0) is 0 Å². The van der Waals surface area contributed by atoms with E-state index >= 15 is 0 Å². The topological polar surface area (TPSA) is 29.1 Å². The first-order valence-electron chi connectivity index (χ1n) is 5.71. The van der Waals surface area contributed by atoms with E-state index in [1.54, 1.807) is 6.07 Å². The highest BCUT2D eigenvalue weighted by Gasteiger charge is 2.17. The molecule has 2 atom stereocenters. The van der Waals surface area contributed by atoms with E-state index in [0.717, 1.165) is 6.42 Å². The zero-order valence-electron chi connectivity index (χ0n) is 10.3. The van der Waals surface area contributed by atoms with E-state index in [0.29, 0.717) is 10.4 Å². The summed E-state index contributed by atoms with van der Waals surface area (Å²) in [6.07, 6.45) is 0.975. The van der Waals surface area contributed by atoms with Crippen LogP contribution in [0, 0.1) is 11.7 Å². The van der Waals surface area contributed by atoms with Gasteiger partial charge in [0.05, 0.1) is 5.56 Å². The Kier molecular flexibility index (Phi) is 5.12. The average molecular weight is 302 g/mol. The molecule has 0 aliphatic rings. The second kappa shape index (κ2) is 6.15. The molecule has 2 unspecified atom stereocenters. The molecule has 0 heterocycles. The van der Waals surface area contributed by atoms with Crippen LogP contribution in [0.2, 0.25) is 0 Å². The fourth-order valence-corrected chi connectivity index (χ4v) is 1.81. The van der Waals surface area contributed by atoms with Crippen molar-refractivity contribution in [3.05, 3.63) is 34.1 Å². The molecule has 2 nitrogen and oxygen atoms in total. The van der Waals surface area contributed by atoms with Crippen LogP contribution in [0.1, 0.15) is 37.6 Å². The molecule has 0 spiro atoms. The predicted octanol–water partition coefficient (Wildman–Crippen LogP) is 3.75. The van der Waals surface area contributed by atoms with Crippen LogP contribution in [0.15, 0.2) is 22.7 Å². The standard InChI is InChI=1S/C13H17BrFNO/c1-4-8(2)9(3)16-13(17)11-7-10(14)5-6-12(11)15/h5-9H,4H2,1-3H3,(H,16,17). The molecule has 1 aromatic rings. The van der Waals surface area contributed by atoms with E-state index in [2.05, 4.69) is 35.1 Å². The van der Waals surface area contributed by atoms with Crippen LogP contribution in [0.4, 0.5) is 4.39 Å². The number of rotatable bonds is 4. The van der Waals surface area contributed by atoms with E-state index in [4.69, 9.17) is 0 Å². The number of hydrogen-bond acceptors (Lipinski definition) is 1. The SMILES string of the molecule is CCC(C)C(C)NC(=O)c1cc(Br)ccc1F. The van der Waals surface area contributed by atoms with Crippen molar-refractivity contribution in [2.24, 2.45) is 5.92 Å². The lowest BCUT2D eigenvalue weighted by Gasteiger charge is -2.20. The predicted molar refractivity (Wildman–Crippen MR) is 70.5 cm³/mol. The number of carbonyl (C=O) groups is 1. The van der Waals surface area contributed by atoms with Gasteiger partial charge in [-0.3, -0.25) is 4.79 Å². The number of halogens is 2. The van der Waals surface area contributed by atoms with Gasteiger partial charge in [0.1, 0.15) is 5.82 Å². The molecule has 1 rings (SSSR count). The summed E-state index contributed by atoms with van der Waals surface area (Å²) in [4.78, 5) is 11.9. The van der Waals surface area contributed by atoms with Gasteiger partial charge in [-0.05, 0) is 31.0 Å². The molecule has 0 saturated carbocycles. The Morgan fingerprint density at radius 2 is 2.12 bits per heavy atom. The lowest BCUT2D eigenvalue weighted by Crippen LogP contribution is -2.37.